The van der Waals surface area contributed by atoms with Crippen LogP contribution in [0, 0.1) is 37.7 Å². The maximum atomic E-state index is 11.3. The van der Waals surface area contributed by atoms with Crippen LogP contribution >= 0.6 is 0 Å². The number of carbonyl (C=O) groups is 1. The van der Waals surface area contributed by atoms with Crippen LogP contribution < -0.4 is 0 Å². The third-order valence-corrected chi connectivity index (χ3v) is 4.03. The van der Waals surface area contributed by atoms with Crippen LogP contribution in [0.3, 0.4) is 0 Å². The van der Waals surface area contributed by atoms with Crippen LogP contribution in [0.2, 0.25) is 0 Å². The molecule has 0 saturated carbocycles. The van der Waals surface area contributed by atoms with Crippen molar-refractivity contribution in [3.8, 4) is 0 Å². The average Bonchev–Trinajstić information content (AvgIpc) is 2.84. The Kier molecular flexibility index (Phi) is 8.13. The fraction of sp³-hybridized carbons (Fsp3) is 0.529. The van der Waals surface area contributed by atoms with Gasteiger partial charge in [-0.05, 0) is 18.4 Å². The zero-order chi connectivity index (χ0) is 15.3. The molecule has 1 saturated heterocycles. The zero-order valence-electron chi connectivity index (χ0n) is 13.4. The molecule has 5 heteroatoms. The summed E-state index contributed by atoms with van der Waals surface area (Å²) in [6.07, 6.45) is 0.872. The summed E-state index contributed by atoms with van der Waals surface area (Å²) in [5.74, 6) is -0.323. The molecule has 1 aliphatic heterocycles. The Morgan fingerprint density at radius 2 is 1.91 bits per heavy atom. The first-order valence-corrected chi connectivity index (χ1v) is 7.45. The van der Waals surface area contributed by atoms with Crippen molar-refractivity contribution in [1.29, 1.82) is 0 Å². The Labute approximate surface area is 156 Å². The second-order valence-electron chi connectivity index (χ2n) is 5.32. The van der Waals surface area contributed by atoms with Gasteiger partial charge in [0.2, 0.25) is 0 Å². The van der Waals surface area contributed by atoms with Gasteiger partial charge in [0.1, 0.15) is 0 Å². The van der Waals surface area contributed by atoms with E-state index in [1.165, 1.54) is 6.92 Å². The van der Waals surface area contributed by atoms with Gasteiger partial charge in [0.15, 0.2) is 0 Å². The summed E-state index contributed by atoms with van der Waals surface area (Å²) in [6, 6.07) is 9.96. The Morgan fingerprint density at radius 1 is 1.27 bits per heavy atom. The summed E-state index contributed by atoms with van der Waals surface area (Å²) in [4.78, 5) is 11.3. The van der Waals surface area contributed by atoms with Crippen molar-refractivity contribution in [3.05, 3.63) is 42.5 Å². The second-order valence-corrected chi connectivity index (χ2v) is 5.32. The van der Waals surface area contributed by atoms with Crippen molar-refractivity contribution in [3.63, 3.8) is 0 Å². The van der Waals surface area contributed by atoms with Gasteiger partial charge in [0.05, 0.1) is 18.3 Å². The van der Waals surface area contributed by atoms with Crippen molar-refractivity contribution in [2.75, 3.05) is 0 Å². The minimum atomic E-state index is -0.453. The van der Waals surface area contributed by atoms with Crippen LogP contribution in [0.25, 0.3) is 0 Å². The quantitative estimate of drug-likeness (QED) is 0.420. The number of rotatable bonds is 6. The van der Waals surface area contributed by atoms with Crippen molar-refractivity contribution in [2.45, 2.75) is 58.0 Å². The molecule has 0 amide bonds. The van der Waals surface area contributed by atoms with Gasteiger partial charge >= 0.3 is 0 Å². The Morgan fingerprint density at radius 3 is 2.45 bits per heavy atom. The monoisotopic (exact) mass is 529 g/mol. The Balaban J connectivity index is 0.00000242. The molecule has 0 spiro atoms. The van der Waals surface area contributed by atoms with Gasteiger partial charge in [-0.2, -0.15) is 6.61 Å². The third kappa shape index (κ3) is 4.58. The standard InChI is InChI=1S/C17H23O4.U/c1-4-17(5-2)16(15(12-20-17)21-13(3)18)19-11-14-9-7-6-8-10-14;/h6-10,12,15-16H,4-5,11H2,1-3H3;/q-1;/t15-,16?;/m1./s1. The van der Waals surface area contributed by atoms with E-state index in [1.54, 1.807) is 6.61 Å². The normalized spacial score (nSPS) is 22.9. The van der Waals surface area contributed by atoms with Crippen molar-refractivity contribution < 1.29 is 50.1 Å². The van der Waals surface area contributed by atoms with E-state index in [-0.39, 0.29) is 43.2 Å². The SMILES string of the molecule is CCC1(CC)O[CH-][C@@H](OC(C)=O)C1OCc1ccccc1.[U]. The number of ether oxygens (including phenoxy) is 3. The molecular weight excluding hydrogens is 506 g/mol. The summed E-state index contributed by atoms with van der Waals surface area (Å²) in [5.41, 5.74) is 0.668. The Bertz CT molecular complexity index is 459. The van der Waals surface area contributed by atoms with Crippen molar-refractivity contribution >= 4 is 5.97 Å². The van der Waals surface area contributed by atoms with Crippen LogP contribution in [0.1, 0.15) is 39.2 Å². The minimum absolute atomic E-state index is 0. The van der Waals surface area contributed by atoms with Gasteiger partial charge in [-0.25, -0.2) is 0 Å². The smallest absolute Gasteiger partial charge is 0.300 e. The molecule has 2 rings (SSSR count). The fourth-order valence-electron chi connectivity index (χ4n) is 2.75. The van der Waals surface area contributed by atoms with E-state index in [0.29, 0.717) is 6.61 Å². The first-order chi connectivity index (χ1) is 10.1. The molecule has 1 unspecified atom stereocenters. The van der Waals surface area contributed by atoms with Crippen molar-refractivity contribution in [2.24, 2.45) is 0 Å². The summed E-state index contributed by atoms with van der Waals surface area (Å²) in [7, 11) is 0. The molecule has 0 N–H and O–H groups in total. The summed E-state index contributed by atoms with van der Waals surface area (Å²) in [6.45, 7) is 7.60. The topological polar surface area (TPSA) is 44.8 Å². The van der Waals surface area contributed by atoms with E-state index in [0.717, 1.165) is 18.4 Å². The molecule has 0 bridgehead atoms. The molecule has 1 aliphatic rings. The van der Waals surface area contributed by atoms with E-state index in [2.05, 4.69) is 13.8 Å². The van der Waals surface area contributed by atoms with Gasteiger partial charge < -0.3 is 14.2 Å². The van der Waals surface area contributed by atoms with E-state index in [9.17, 15) is 4.79 Å². The Hall–Kier alpha value is -0.338. The average molecular weight is 529 g/mol. The molecule has 0 aromatic heterocycles. The fourth-order valence-corrected chi connectivity index (χ4v) is 2.75. The summed E-state index contributed by atoms with van der Waals surface area (Å²) >= 11 is 0. The molecule has 22 heavy (non-hydrogen) atoms. The molecule has 0 aliphatic carbocycles. The zero-order valence-corrected chi connectivity index (χ0v) is 17.5. The number of hydrogen-bond donors (Lipinski definition) is 0. The maximum absolute atomic E-state index is 11.3. The molecule has 4 nitrogen and oxygen atoms in total. The molecule has 1 heterocycles. The second kappa shape index (κ2) is 9.08. The number of carbonyl (C=O) groups excluding carboxylic acids is 1. The predicted octanol–water partition coefficient (Wildman–Crippen LogP) is 3.25. The minimum Gasteiger partial charge on any atom is -0.542 e. The molecule has 1 fully saturated rings. The summed E-state index contributed by atoms with van der Waals surface area (Å²) < 4.78 is 17.2. The molecule has 2 atom stereocenters. The molecule has 1 aromatic carbocycles. The van der Waals surface area contributed by atoms with Crippen LogP contribution in [0.15, 0.2) is 30.3 Å². The first-order valence-electron chi connectivity index (χ1n) is 7.45. The van der Waals surface area contributed by atoms with Gasteiger partial charge in [-0.15, -0.1) is 0 Å². The number of hydrogen-bond acceptors (Lipinski definition) is 4. The van der Waals surface area contributed by atoms with E-state index in [4.69, 9.17) is 14.2 Å². The van der Waals surface area contributed by atoms with Crippen LogP contribution in [-0.4, -0.2) is 23.8 Å². The van der Waals surface area contributed by atoms with Gasteiger partial charge in [0.25, 0.3) is 5.97 Å². The van der Waals surface area contributed by atoms with E-state index >= 15 is 0 Å². The third-order valence-electron chi connectivity index (χ3n) is 4.03. The van der Waals surface area contributed by atoms with Gasteiger partial charge in [-0.1, -0.05) is 44.2 Å². The van der Waals surface area contributed by atoms with Crippen LogP contribution in [0.5, 0.6) is 0 Å². The number of benzene rings is 1. The number of esters is 1. The van der Waals surface area contributed by atoms with E-state index < -0.39 is 11.7 Å². The van der Waals surface area contributed by atoms with Crippen LogP contribution in [0.4, 0.5) is 0 Å². The van der Waals surface area contributed by atoms with Gasteiger partial charge in [-0.3, -0.25) is 4.79 Å². The first kappa shape index (κ1) is 19.7. The predicted molar refractivity (Wildman–Crippen MR) is 79.3 cm³/mol. The molecular formula is C17H23O4U-. The van der Waals surface area contributed by atoms with E-state index in [1.807, 2.05) is 30.3 Å². The van der Waals surface area contributed by atoms with Crippen molar-refractivity contribution in [1.82, 2.24) is 0 Å². The molecule has 0 radical (unpaired) electrons. The van der Waals surface area contributed by atoms with Crippen LogP contribution in [-0.2, 0) is 25.6 Å². The summed E-state index contributed by atoms with van der Waals surface area (Å²) in [5, 5.41) is 0. The molecule has 1 aromatic rings. The van der Waals surface area contributed by atoms with Gasteiger partial charge in [0, 0.05) is 44.1 Å². The molecule has 120 valence electrons. The maximum Gasteiger partial charge on any atom is 0.300 e. The largest absolute Gasteiger partial charge is 0.542 e.